The third-order valence-electron chi connectivity index (χ3n) is 3.86. The zero-order valence-electron chi connectivity index (χ0n) is 13.6. The van der Waals surface area contributed by atoms with Gasteiger partial charge in [-0.2, -0.15) is 0 Å². The van der Waals surface area contributed by atoms with Crippen molar-refractivity contribution >= 4 is 11.9 Å². The van der Waals surface area contributed by atoms with Gasteiger partial charge in [0.2, 0.25) is 5.91 Å². The highest BCUT2D eigenvalue weighted by atomic mass is 16.5. The molecule has 23 heavy (non-hydrogen) atoms. The SMILES string of the molecule is C=CCOc1ccc(CN(C)[C@H](C)C(=O)N2CCNC2=O)cc1. The Hall–Kier alpha value is -2.34. The molecule has 1 aromatic rings. The minimum atomic E-state index is -0.365. The van der Waals surface area contributed by atoms with E-state index in [0.29, 0.717) is 26.2 Å². The number of nitrogens with zero attached hydrogens (tertiary/aromatic N) is 2. The van der Waals surface area contributed by atoms with Crippen molar-refractivity contribution in [2.75, 3.05) is 26.7 Å². The molecule has 6 nitrogen and oxygen atoms in total. The molecule has 6 heteroatoms. The largest absolute Gasteiger partial charge is 0.490 e. The molecular formula is C17H23N3O3. The molecule has 1 fully saturated rings. The van der Waals surface area contributed by atoms with E-state index >= 15 is 0 Å². The second-order valence-corrected chi connectivity index (χ2v) is 5.56. The summed E-state index contributed by atoms with van der Waals surface area (Å²) in [7, 11) is 1.87. The molecule has 1 N–H and O–H groups in total. The normalized spacial score (nSPS) is 15.4. The summed E-state index contributed by atoms with van der Waals surface area (Å²) in [6.07, 6.45) is 1.70. The summed E-state index contributed by atoms with van der Waals surface area (Å²) in [6.45, 7) is 7.47. The third-order valence-corrected chi connectivity index (χ3v) is 3.86. The molecule has 2 rings (SSSR count). The highest BCUT2D eigenvalue weighted by Gasteiger charge is 2.31. The average molecular weight is 317 g/mol. The average Bonchev–Trinajstić information content (AvgIpc) is 2.98. The van der Waals surface area contributed by atoms with Gasteiger partial charge in [-0.25, -0.2) is 4.79 Å². The van der Waals surface area contributed by atoms with Gasteiger partial charge in [0, 0.05) is 19.6 Å². The second kappa shape index (κ2) is 7.78. The summed E-state index contributed by atoms with van der Waals surface area (Å²) in [5.41, 5.74) is 1.07. The van der Waals surface area contributed by atoms with Crippen LogP contribution in [-0.2, 0) is 11.3 Å². The molecule has 0 bridgehead atoms. The van der Waals surface area contributed by atoms with Crippen LogP contribution in [0.4, 0.5) is 4.79 Å². The fourth-order valence-corrected chi connectivity index (χ4v) is 2.37. The number of benzene rings is 1. The Labute approximate surface area is 136 Å². The van der Waals surface area contributed by atoms with Gasteiger partial charge in [-0.15, -0.1) is 0 Å². The number of carbonyl (C=O) groups is 2. The first-order valence-corrected chi connectivity index (χ1v) is 7.65. The molecule has 0 spiro atoms. The quantitative estimate of drug-likeness (QED) is 0.776. The Morgan fingerprint density at radius 3 is 2.74 bits per heavy atom. The molecule has 1 heterocycles. The summed E-state index contributed by atoms with van der Waals surface area (Å²) in [5.74, 6) is 0.614. The lowest BCUT2D eigenvalue weighted by Crippen LogP contribution is -2.46. The fraction of sp³-hybridized carbons (Fsp3) is 0.412. The zero-order valence-corrected chi connectivity index (χ0v) is 13.6. The molecular weight excluding hydrogens is 294 g/mol. The first kappa shape index (κ1) is 17.0. The Balaban J connectivity index is 1.92. The van der Waals surface area contributed by atoms with Crippen molar-refractivity contribution in [1.82, 2.24) is 15.1 Å². The van der Waals surface area contributed by atoms with Gasteiger partial charge in [0.25, 0.3) is 0 Å². The number of carbonyl (C=O) groups excluding carboxylic acids is 2. The van der Waals surface area contributed by atoms with Crippen molar-refractivity contribution in [2.24, 2.45) is 0 Å². The van der Waals surface area contributed by atoms with Gasteiger partial charge in [0.15, 0.2) is 0 Å². The smallest absolute Gasteiger partial charge is 0.324 e. The minimum absolute atomic E-state index is 0.173. The lowest BCUT2D eigenvalue weighted by Gasteiger charge is -2.26. The van der Waals surface area contributed by atoms with E-state index < -0.39 is 0 Å². The van der Waals surface area contributed by atoms with E-state index in [1.54, 1.807) is 6.08 Å². The lowest BCUT2D eigenvalue weighted by atomic mass is 10.1. The highest BCUT2D eigenvalue weighted by Crippen LogP contribution is 2.15. The van der Waals surface area contributed by atoms with Crippen LogP contribution < -0.4 is 10.1 Å². The first-order valence-electron chi connectivity index (χ1n) is 7.65. The molecule has 1 aromatic carbocycles. The molecule has 0 unspecified atom stereocenters. The maximum atomic E-state index is 12.4. The molecule has 0 saturated carbocycles. The number of hydrogen-bond donors (Lipinski definition) is 1. The van der Waals surface area contributed by atoms with Gasteiger partial charge in [0.05, 0.1) is 6.04 Å². The van der Waals surface area contributed by atoms with Crippen LogP contribution in [0.5, 0.6) is 5.75 Å². The van der Waals surface area contributed by atoms with Gasteiger partial charge < -0.3 is 10.1 Å². The molecule has 0 aliphatic carbocycles. The summed E-state index contributed by atoms with van der Waals surface area (Å²) in [5, 5.41) is 2.64. The van der Waals surface area contributed by atoms with Crippen LogP contribution in [0.3, 0.4) is 0 Å². The molecule has 1 saturated heterocycles. The number of likely N-dealkylation sites (N-methyl/N-ethyl adjacent to an activating group) is 1. The minimum Gasteiger partial charge on any atom is -0.490 e. The van der Waals surface area contributed by atoms with Gasteiger partial charge in [-0.1, -0.05) is 24.8 Å². The number of rotatable bonds is 7. The summed E-state index contributed by atoms with van der Waals surface area (Å²) < 4.78 is 5.44. The summed E-state index contributed by atoms with van der Waals surface area (Å²) in [4.78, 5) is 27.1. The van der Waals surface area contributed by atoms with Crippen LogP contribution in [0.25, 0.3) is 0 Å². The van der Waals surface area contributed by atoms with Gasteiger partial charge in [-0.05, 0) is 31.7 Å². The number of ether oxygens (including phenoxy) is 1. The Bertz CT molecular complexity index is 571. The zero-order chi connectivity index (χ0) is 16.8. The topological polar surface area (TPSA) is 61.9 Å². The summed E-state index contributed by atoms with van der Waals surface area (Å²) >= 11 is 0. The highest BCUT2D eigenvalue weighted by molar-refractivity contribution is 5.98. The Morgan fingerprint density at radius 1 is 1.48 bits per heavy atom. The molecule has 3 amide bonds. The molecule has 1 aliphatic rings. The third kappa shape index (κ3) is 4.32. The van der Waals surface area contributed by atoms with Crippen LogP contribution >= 0.6 is 0 Å². The number of urea groups is 1. The number of nitrogens with one attached hydrogen (secondary N) is 1. The second-order valence-electron chi connectivity index (χ2n) is 5.56. The monoisotopic (exact) mass is 317 g/mol. The first-order chi connectivity index (χ1) is 11.0. The van der Waals surface area contributed by atoms with Crippen molar-refractivity contribution in [3.8, 4) is 5.75 Å². The van der Waals surface area contributed by atoms with E-state index in [9.17, 15) is 9.59 Å². The molecule has 0 radical (unpaired) electrons. The molecule has 0 aromatic heterocycles. The predicted molar refractivity (Wildman–Crippen MR) is 88.2 cm³/mol. The van der Waals surface area contributed by atoms with Crippen molar-refractivity contribution in [3.63, 3.8) is 0 Å². The van der Waals surface area contributed by atoms with Crippen molar-refractivity contribution in [3.05, 3.63) is 42.5 Å². The Kier molecular flexibility index (Phi) is 5.76. The van der Waals surface area contributed by atoms with Crippen LogP contribution in [0.1, 0.15) is 12.5 Å². The van der Waals surface area contributed by atoms with Crippen LogP contribution in [0.2, 0.25) is 0 Å². The van der Waals surface area contributed by atoms with E-state index in [1.807, 2.05) is 43.1 Å². The summed E-state index contributed by atoms with van der Waals surface area (Å²) in [6, 6.07) is 7.05. The molecule has 124 valence electrons. The standard InChI is InChI=1S/C17H23N3O3/c1-4-11-23-15-7-5-14(6-8-15)12-19(3)13(2)16(21)20-10-9-18-17(20)22/h4-8,13H,1,9-12H2,2-3H3,(H,18,22)/t13-/m1/s1. The number of amides is 3. The number of hydrogen-bond acceptors (Lipinski definition) is 4. The van der Waals surface area contributed by atoms with E-state index in [1.165, 1.54) is 4.90 Å². The van der Waals surface area contributed by atoms with E-state index in [2.05, 4.69) is 11.9 Å². The van der Waals surface area contributed by atoms with Gasteiger partial charge in [0.1, 0.15) is 12.4 Å². The van der Waals surface area contributed by atoms with Crippen molar-refractivity contribution in [2.45, 2.75) is 19.5 Å². The van der Waals surface area contributed by atoms with Crippen LogP contribution in [0, 0.1) is 0 Å². The van der Waals surface area contributed by atoms with Gasteiger partial charge >= 0.3 is 6.03 Å². The van der Waals surface area contributed by atoms with Crippen LogP contribution in [0.15, 0.2) is 36.9 Å². The lowest BCUT2D eigenvalue weighted by molar-refractivity contribution is -0.132. The van der Waals surface area contributed by atoms with Crippen molar-refractivity contribution in [1.29, 1.82) is 0 Å². The fourth-order valence-electron chi connectivity index (χ4n) is 2.37. The van der Waals surface area contributed by atoms with E-state index in [0.717, 1.165) is 11.3 Å². The van der Waals surface area contributed by atoms with Crippen LogP contribution in [-0.4, -0.2) is 54.5 Å². The van der Waals surface area contributed by atoms with Crippen molar-refractivity contribution < 1.29 is 14.3 Å². The van der Waals surface area contributed by atoms with E-state index in [4.69, 9.17) is 4.74 Å². The molecule has 1 atom stereocenters. The maximum Gasteiger partial charge on any atom is 0.324 e. The Morgan fingerprint density at radius 2 is 2.17 bits per heavy atom. The number of imide groups is 1. The molecule has 1 aliphatic heterocycles. The van der Waals surface area contributed by atoms with Gasteiger partial charge in [-0.3, -0.25) is 14.6 Å². The maximum absolute atomic E-state index is 12.4. The van der Waals surface area contributed by atoms with E-state index in [-0.39, 0.29) is 18.0 Å². The predicted octanol–water partition coefficient (Wildman–Crippen LogP) is 1.62.